The quantitative estimate of drug-likeness (QED) is 0.236. The second-order valence-electron chi connectivity index (χ2n) is 8.04. The summed E-state index contributed by atoms with van der Waals surface area (Å²) in [5.41, 5.74) is 0. The minimum absolute atomic E-state index is 0. The van der Waals surface area contributed by atoms with Crippen molar-refractivity contribution in [2.24, 2.45) is 17.8 Å². The zero-order chi connectivity index (χ0) is 23.9. The van der Waals surface area contributed by atoms with Gasteiger partial charge in [-0.25, -0.2) is 18.9 Å². The van der Waals surface area contributed by atoms with Gasteiger partial charge >= 0.3 is 34.7 Å². The third-order valence-corrected chi connectivity index (χ3v) is 5.51. The average Bonchev–Trinajstić information content (AvgIpc) is 2.70. The SMILES string of the molecule is CCCCC(CC)C([O-])[O-].CCCCC(CC)C([O-])[O-].CCCCC(CC)C([O-])[O-].[Al+3].[Al+3]. The van der Waals surface area contributed by atoms with Crippen molar-refractivity contribution in [2.75, 3.05) is 0 Å². The Morgan fingerprint density at radius 1 is 0.406 bits per heavy atom. The van der Waals surface area contributed by atoms with Crippen molar-refractivity contribution in [2.45, 2.75) is 137 Å². The molecule has 0 heterocycles. The zero-order valence-corrected chi connectivity index (χ0v) is 23.9. The van der Waals surface area contributed by atoms with Crippen molar-refractivity contribution < 1.29 is 30.6 Å². The van der Waals surface area contributed by atoms with Crippen LogP contribution in [0.4, 0.5) is 0 Å². The molecule has 0 bridgehead atoms. The van der Waals surface area contributed by atoms with E-state index >= 15 is 0 Å². The van der Waals surface area contributed by atoms with Crippen LogP contribution in [0.15, 0.2) is 0 Å². The van der Waals surface area contributed by atoms with Gasteiger partial charge in [-0.05, 0) is 0 Å². The predicted octanol–water partition coefficient (Wildman–Crippen LogP) is -0.0131. The third-order valence-electron chi connectivity index (χ3n) is 5.51. The van der Waals surface area contributed by atoms with Crippen molar-refractivity contribution in [3.05, 3.63) is 0 Å². The van der Waals surface area contributed by atoms with Crippen molar-refractivity contribution in [1.29, 1.82) is 0 Å². The molecule has 32 heavy (non-hydrogen) atoms. The topological polar surface area (TPSA) is 138 Å². The molecule has 3 atom stereocenters. The summed E-state index contributed by atoms with van der Waals surface area (Å²) in [4.78, 5) is 0. The van der Waals surface area contributed by atoms with E-state index in [9.17, 15) is 30.6 Å². The van der Waals surface area contributed by atoms with Gasteiger partial charge in [0.05, 0.1) is 0 Å². The van der Waals surface area contributed by atoms with E-state index in [1.807, 2.05) is 20.8 Å². The van der Waals surface area contributed by atoms with Gasteiger partial charge in [0.15, 0.2) is 0 Å². The molecule has 0 amide bonds. The van der Waals surface area contributed by atoms with E-state index in [1.54, 1.807) is 0 Å². The monoisotopic (exact) mass is 486 g/mol. The van der Waals surface area contributed by atoms with Crippen LogP contribution >= 0.6 is 0 Å². The Morgan fingerprint density at radius 2 is 0.594 bits per heavy atom. The molecule has 0 saturated carbocycles. The molecular formula is C24H48Al2O6. The van der Waals surface area contributed by atoms with Gasteiger partial charge in [0.2, 0.25) is 0 Å². The summed E-state index contributed by atoms with van der Waals surface area (Å²) in [5, 5.41) is 62.5. The standard InChI is InChI=1S/3C8H16O2.2Al/c3*1-3-5-6-7(4-2)8(9)10;;/h3*7-8H,3-6H2,1-2H3;;/q3*-2;2*+3. The Balaban J connectivity index is -0.000000110. The van der Waals surface area contributed by atoms with Crippen LogP contribution in [0, 0.1) is 17.8 Å². The zero-order valence-electron chi connectivity index (χ0n) is 21.6. The van der Waals surface area contributed by atoms with Gasteiger partial charge in [0.25, 0.3) is 0 Å². The van der Waals surface area contributed by atoms with E-state index in [0.717, 1.165) is 77.0 Å². The van der Waals surface area contributed by atoms with Gasteiger partial charge < -0.3 is 30.6 Å². The predicted molar refractivity (Wildman–Crippen MR) is 123 cm³/mol. The normalized spacial score (nSPS) is 13.2. The molecule has 3 unspecified atom stereocenters. The number of hydrogen-bond donors (Lipinski definition) is 0. The molecule has 0 aliphatic rings. The fourth-order valence-electron chi connectivity index (χ4n) is 3.00. The van der Waals surface area contributed by atoms with E-state index in [2.05, 4.69) is 20.8 Å². The first-order valence-electron chi connectivity index (χ1n) is 12.1. The summed E-state index contributed by atoms with van der Waals surface area (Å²) in [6, 6.07) is 0. The molecule has 0 rings (SSSR count). The van der Waals surface area contributed by atoms with Crippen molar-refractivity contribution in [1.82, 2.24) is 0 Å². The first-order valence-corrected chi connectivity index (χ1v) is 12.1. The maximum atomic E-state index is 10.4. The average molecular weight is 487 g/mol. The Labute approximate surface area is 220 Å². The van der Waals surface area contributed by atoms with Gasteiger partial charge in [-0.15, -0.1) is 0 Å². The summed E-state index contributed by atoms with van der Waals surface area (Å²) in [6.45, 7) is 11.9. The summed E-state index contributed by atoms with van der Waals surface area (Å²) in [7, 11) is 0. The second kappa shape index (κ2) is 31.8. The molecule has 186 valence electrons. The molecule has 0 aliphatic heterocycles. The van der Waals surface area contributed by atoms with Gasteiger partial charge in [-0.3, -0.25) is 0 Å². The number of hydrogen-bond acceptors (Lipinski definition) is 6. The second-order valence-corrected chi connectivity index (χ2v) is 8.04. The van der Waals surface area contributed by atoms with Crippen molar-refractivity contribution in [3.8, 4) is 0 Å². The molecule has 0 aliphatic carbocycles. The van der Waals surface area contributed by atoms with Crippen LogP contribution in [0.2, 0.25) is 0 Å². The van der Waals surface area contributed by atoms with Crippen LogP contribution < -0.4 is 30.6 Å². The first-order chi connectivity index (χ1) is 14.2. The number of unbranched alkanes of at least 4 members (excludes halogenated alkanes) is 3. The summed E-state index contributed by atoms with van der Waals surface area (Å²) < 4.78 is 0. The molecule has 0 aromatic rings. The van der Waals surface area contributed by atoms with Crippen LogP contribution in [0.5, 0.6) is 0 Å². The smallest absolute Gasteiger partial charge is 0.865 e. The number of rotatable bonds is 15. The Kier molecular flexibility index (Phi) is 42.7. The van der Waals surface area contributed by atoms with E-state index in [-0.39, 0.29) is 52.5 Å². The van der Waals surface area contributed by atoms with Crippen LogP contribution in [0.1, 0.15) is 119 Å². The molecule has 0 aromatic carbocycles. The summed E-state index contributed by atoms with van der Waals surface area (Å²) in [5.74, 6) is -0.417. The van der Waals surface area contributed by atoms with Crippen molar-refractivity contribution in [3.63, 3.8) is 0 Å². The van der Waals surface area contributed by atoms with Crippen LogP contribution in [-0.4, -0.2) is 53.6 Å². The van der Waals surface area contributed by atoms with Gasteiger partial charge in [-0.1, -0.05) is 136 Å². The molecule has 0 radical (unpaired) electrons. The van der Waals surface area contributed by atoms with Crippen LogP contribution in [0.3, 0.4) is 0 Å². The Hall–Kier alpha value is 0.825. The van der Waals surface area contributed by atoms with Crippen molar-refractivity contribution >= 4 is 34.7 Å². The Morgan fingerprint density at radius 3 is 0.688 bits per heavy atom. The van der Waals surface area contributed by atoms with Gasteiger partial charge in [0.1, 0.15) is 0 Å². The maximum Gasteiger partial charge on any atom is 3.00 e. The molecular weight excluding hydrogens is 438 g/mol. The van der Waals surface area contributed by atoms with Crippen LogP contribution in [-0.2, 0) is 0 Å². The van der Waals surface area contributed by atoms with Crippen LogP contribution in [0.25, 0.3) is 0 Å². The molecule has 0 fully saturated rings. The molecule has 0 N–H and O–H groups in total. The van der Waals surface area contributed by atoms with Gasteiger partial charge in [0, 0.05) is 0 Å². The fourth-order valence-corrected chi connectivity index (χ4v) is 3.00. The van der Waals surface area contributed by atoms with E-state index in [4.69, 9.17) is 0 Å². The van der Waals surface area contributed by atoms with Gasteiger partial charge in [-0.2, -0.15) is 0 Å². The van der Waals surface area contributed by atoms with E-state index in [0.29, 0.717) is 0 Å². The van der Waals surface area contributed by atoms with E-state index in [1.165, 1.54) is 0 Å². The molecule has 8 heteroatoms. The summed E-state index contributed by atoms with van der Waals surface area (Å²) >= 11 is 0. The largest absolute Gasteiger partial charge is 3.00 e. The fraction of sp³-hybridized carbons (Fsp3) is 1.00. The first kappa shape index (κ1) is 42.9. The third kappa shape index (κ3) is 28.9. The molecule has 6 nitrogen and oxygen atoms in total. The van der Waals surface area contributed by atoms with E-state index < -0.39 is 18.9 Å². The minimum atomic E-state index is -1.61. The molecule has 0 saturated heterocycles. The maximum absolute atomic E-state index is 10.4. The minimum Gasteiger partial charge on any atom is -0.865 e. The molecule has 0 spiro atoms. The molecule has 0 aromatic heterocycles. The summed E-state index contributed by atoms with van der Waals surface area (Å²) in [6.07, 6.45) is 6.05. The Bertz CT molecular complexity index is 273.